The molecule has 0 saturated carbocycles. The average molecular weight is 193 g/mol. The van der Waals surface area contributed by atoms with Crippen LogP contribution in [0.5, 0.6) is 11.5 Å². The van der Waals surface area contributed by atoms with Crippen molar-refractivity contribution in [3.05, 3.63) is 23.3 Å². The maximum absolute atomic E-state index is 5.71. The third-order valence-corrected chi connectivity index (χ3v) is 2.60. The van der Waals surface area contributed by atoms with Crippen molar-refractivity contribution in [1.82, 2.24) is 0 Å². The molecule has 0 spiro atoms. The summed E-state index contributed by atoms with van der Waals surface area (Å²) in [6.07, 6.45) is 2.10. The second kappa shape index (κ2) is 3.88. The number of hydrogen-bond donors (Lipinski definition) is 1. The predicted molar refractivity (Wildman–Crippen MR) is 54.7 cm³/mol. The molecule has 0 saturated heterocycles. The minimum absolute atomic E-state index is 0.510. The smallest absolute Gasteiger partial charge is 0.123 e. The van der Waals surface area contributed by atoms with E-state index < -0.39 is 0 Å². The number of benzene rings is 1. The Balaban J connectivity index is 2.50. The molecular weight excluding hydrogens is 178 g/mol. The fourth-order valence-electron chi connectivity index (χ4n) is 1.91. The Morgan fingerprint density at radius 3 is 3.07 bits per heavy atom. The first-order valence-corrected chi connectivity index (χ1v) is 4.88. The highest BCUT2D eigenvalue weighted by Gasteiger charge is 2.16. The Morgan fingerprint density at radius 1 is 1.50 bits per heavy atom. The van der Waals surface area contributed by atoms with Crippen molar-refractivity contribution >= 4 is 0 Å². The van der Waals surface area contributed by atoms with Crippen LogP contribution in [0.4, 0.5) is 0 Å². The fourth-order valence-corrected chi connectivity index (χ4v) is 1.91. The van der Waals surface area contributed by atoms with E-state index in [4.69, 9.17) is 15.2 Å². The van der Waals surface area contributed by atoms with Crippen LogP contribution < -0.4 is 15.2 Å². The van der Waals surface area contributed by atoms with Crippen LogP contribution in [0.25, 0.3) is 0 Å². The van der Waals surface area contributed by atoms with E-state index in [1.807, 2.05) is 12.1 Å². The number of nitrogens with two attached hydrogens (primary N) is 1. The van der Waals surface area contributed by atoms with Crippen LogP contribution in [0.15, 0.2) is 12.1 Å². The standard InChI is InChI=1S/C11H15NO2/c1-13-10-4-5-11-8(9(10)7-12)3-2-6-14-11/h4-5H,2-3,6-7,12H2,1H3. The molecule has 0 aromatic heterocycles. The minimum Gasteiger partial charge on any atom is -0.496 e. The first-order chi connectivity index (χ1) is 6.86. The van der Waals surface area contributed by atoms with Crippen LogP contribution in [0.1, 0.15) is 17.5 Å². The molecule has 1 aromatic carbocycles. The Hall–Kier alpha value is -1.22. The SMILES string of the molecule is COc1ccc2c(c1CN)CCCO2. The highest BCUT2D eigenvalue weighted by atomic mass is 16.5. The summed E-state index contributed by atoms with van der Waals surface area (Å²) in [5.41, 5.74) is 8.02. The molecule has 76 valence electrons. The van der Waals surface area contributed by atoms with E-state index in [-0.39, 0.29) is 0 Å². The predicted octanol–water partition coefficient (Wildman–Crippen LogP) is 1.48. The monoisotopic (exact) mass is 193 g/mol. The van der Waals surface area contributed by atoms with Gasteiger partial charge in [0.2, 0.25) is 0 Å². The fraction of sp³-hybridized carbons (Fsp3) is 0.455. The number of rotatable bonds is 2. The van der Waals surface area contributed by atoms with Crippen LogP contribution in [0, 0.1) is 0 Å². The quantitative estimate of drug-likeness (QED) is 0.773. The zero-order valence-electron chi connectivity index (χ0n) is 8.38. The molecule has 2 N–H and O–H groups in total. The second-order valence-electron chi connectivity index (χ2n) is 3.38. The first kappa shape index (κ1) is 9.34. The van der Waals surface area contributed by atoms with Crippen LogP contribution >= 0.6 is 0 Å². The van der Waals surface area contributed by atoms with Crippen molar-refractivity contribution < 1.29 is 9.47 Å². The summed E-state index contributed by atoms with van der Waals surface area (Å²) in [5, 5.41) is 0. The molecule has 0 fully saturated rings. The summed E-state index contributed by atoms with van der Waals surface area (Å²) in [6, 6.07) is 3.89. The topological polar surface area (TPSA) is 44.5 Å². The van der Waals surface area contributed by atoms with Crippen LogP contribution in [0.3, 0.4) is 0 Å². The zero-order chi connectivity index (χ0) is 9.97. The number of ether oxygens (including phenoxy) is 2. The third kappa shape index (κ3) is 1.44. The van der Waals surface area contributed by atoms with Gasteiger partial charge in [0.05, 0.1) is 13.7 Å². The molecule has 3 nitrogen and oxygen atoms in total. The van der Waals surface area contributed by atoms with Gasteiger partial charge in [-0.15, -0.1) is 0 Å². The van der Waals surface area contributed by atoms with Gasteiger partial charge >= 0.3 is 0 Å². The lowest BCUT2D eigenvalue weighted by Crippen LogP contribution is -2.13. The van der Waals surface area contributed by atoms with Crippen molar-refractivity contribution in [1.29, 1.82) is 0 Å². The molecule has 0 amide bonds. The molecule has 1 aromatic rings. The summed E-state index contributed by atoms with van der Waals surface area (Å²) in [5.74, 6) is 1.84. The summed E-state index contributed by atoms with van der Waals surface area (Å²) in [7, 11) is 1.67. The third-order valence-electron chi connectivity index (χ3n) is 2.60. The van der Waals surface area contributed by atoms with Crippen molar-refractivity contribution in [2.75, 3.05) is 13.7 Å². The van der Waals surface area contributed by atoms with E-state index in [9.17, 15) is 0 Å². The molecule has 3 heteroatoms. The molecule has 14 heavy (non-hydrogen) atoms. The van der Waals surface area contributed by atoms with Crippen LogP contribution in [-0.2, 0) is 13.0 Å². The number of fused-ring (bicyclic) bond motifs is 1. The maximum Gasteiger partial charge on any atom is 0.123 e. The summed E-state index contributed by atoms with van der Waals surface area (Å²) < 4.78 is 10.8. The van der Waals surface area contributed by atoms with Gasteiger partial charge in [-0.25, -0.2) is 0 Å². The second-order valence-corrected chi connectivity index (χ2v) is 3.38. The van der Waals surface area contributed by atoms with Crippen molar-refractivity contribution in [2.45, 2.75) is 19.4 Å². The molecular formula is C11H15NO2. The van der Waals surface area contributed by atoms with Crippen LogP contribution in [-0.4, -0.2) is 13.7 Å². The molecule has 1 heterocycles. The molecule has 0 radical (unpaired) electrons. The molecule has 2 rings (SSSR count). The van der Waals surface area contributed by atoms with Gasteiger partial charge in [-0.2, -0.15) is 0 Å². The summed E-state index contributed by atoms with van der Waals surface area (Å²) >= 11 is 0. The molecule has 0 atom stereocenters. The lowest BCUT2D eigenvalue weighted by Gasteiger charge is -2.21. The molecule has 0 aliphatic carbocycles. The summed E-state index contributed by atoms with van der Waals surface area (Å²) in [6.45, 7) is 1.32. The first-order valence-electron chi connectivity index (χ1n) is 4.88. The normalized spacial score (nSPS) is 14.4. The number of methoxy groups -OCH3 is 1. The lowest BCUT2D eigenvalue weighted by atomic mass is 9.99. The highest BCUT2D eigenvalue weighted by Crippen LogP contribution is 2.33. The van der Waals surface area contributed by atoms with Gasteiger partial charge < -0.3 is 15.2 Å². The van der Waals surface area contributed by atoms with Crippen molar-refractivity contribution in [3.63, 3.8) is 0 Å². The van der Waals surface area contributed by atoms with Crippen LogP contribution in [0.2, 0.25) is 0 Å². The van der Waals surface area contributed by atoms with E-state index in [0.29, 0.717) is 6.54 Å². The van der Waals surface area contributed by atoms with E-state index in [1.54, 1.807) is 7.11 Å². The van der Waals surface area contributed by atoms with Gasteiger partial charge in [0.1, 0.15) is 11.5 Å². The molecule has 0 unspecified atom stereocenters. The zero-order valence-corrected chi connectivity index (χ0v) is 8.38. The van der Waals surface area contributed by atoms with Gasteiger partial charge in [0.15, 0.2) is 0 Å². The van der Waals surface area contributed by atoms with E-state index in [2.05, 4.69) is 0 Å². The Kier molecular flexibility index (Phi) is 2.59. The Labute approximate surface area is 83.8 Å². The van der Waals surface area contributed by atoms with E-state index >= 15 is 0 Å². The average Bonchev–Trinajstić information content (AvgIpc) is 2.27. The molecule has 1 aliphatic rings. The minimum atomic E-state index is 0.510. The van der Waals surface area contributed by atoms with Crippen molar-refractivity contribution in [2.24, 2.45) is 5.73 Å². The summed E-state index contributed by atoms with van der Waals surface area (Å²) in [4.78, 5) is 0. The van der Waals surface area contributed by atoms with Crippen molar-refractivity contribution in [3.8, 4) is 11.5 Å². The van der Waals surface area contributed by atoms with E-state index in [0.717, 1.165) is 36.5 Å². The van der Waals surface area contributed by atoms with Gasteiger partial charge in [0, 0.05) is 17.7 Å². The largest absolute Gasteiger partial charge is 0.496 e. The lowest BCUT2D eigenvalue weighted by molar-refractivity contribution is 0.286. The highest BCUT2D eigenvalue weighted by molar-refractivity contribution is 5.49. The number of hydrogen-bond acceptors (Lipinski definition) is 3. The molecule has 1 aliphatic heterocycles. The Morgan fingerprint density at radius 2 is 2.36 bits per heavy atom. The molecule has 0 bridgehead atoms. The van der Waals surface area contributed by atoms with Gasteiger partial charge in [-0.3, -0.25) is 0 Å². The maximum atomic E-state index is 5.71. The van der Waals surface area contributed by atoms with Gasteiger partial charge in [-0.1, -0.05) is 0 Å². The van der Waals surface area contributed by atoms with E-state index in [1.165, 1.54) is 5.56 Å². The van der Waals surface area contributed by atoms with Gasteiger partial charge in [-0.05, 0) is 25.0 Å². The Bertz CT molecular complexity index is 321. The van der Waals surface area contributed by atoms with Gasteiger partial charge in [0.25, 0.3) is 0 Å².